The van der Waals surface area contributed by atoms with Crippen molar-refractivity contribution in [2.24, 2.45) is 35.0 Å². The van der Waals surface area contributed by atoms with Gasteiger partial charge in [-0.2, -0.15) is 0 Å². The van der Waals surface area contributed by atoms with Gasteiger partial charge in [0.2, 0.25) is 0 Å². The first-order valence-corrected chi connectivity index (χ1v) is 14.2. The van der Waals surface area contributed by atoms with Gasteiger partial charge < -0.3 is 15.3 Å². The van der Waals surface area contributed by atoms with Crippen molar-refractivity contribution >= 4 is 0 Å². The Hall–Kier alpha value is -0.900. The molecule has 7 atom stereocenters. The van der Waals surface area contributed by atoms with Gasteiger partial charge >= 0.3 is 0 Å². The van der Waals surface area contributed by atoms with Crippen molar-refractivity contribution in [3.8, 4) is 0 Å². The first kappa shape index (κ1) is 27.7. The molecule has 3 rings (SSSR count). The van der Waals surface area contributed by atoms with Crippen LogP contribution in [-0.2, 0) is 0 Å². The second-order valence-corrected chi connectivity index (χ2v) is 12.5. The van der Waals surface area contributed by atoms with Crippen molar-refractivity contribution in [1.29, 1.82) is 0 Å². The number of hydrogen-bond acceptors (Lipinski definition) is 3. The predicted octanol–water partition coefficient (Wildman–Crippen LogP) is 6.98. The third-order valence-corrected chi connectivity index (χ3v) is 9.71. The Balaban J connectivity index is 1.68. The van der Waals surface area contributed by atoms with E-state index in [2.05, 4.69) is 46.4 Å². The van der Waals surface area contributed by atoms with Crippen molar-refractivity contribution in [2.45, 2.75) is 117 Å². The van der Waals surface area contributed by atoms with Crippen molar-refractivity contribution in [3.63, 3.8) is 0 Å². The first-order chi connectivity index (χ1) is 16.2. The molecule has 3 fully saturated rings. The molecule has 0 amide bonds. The van der Waals surface area contributed by atoms with Crippen molar-refractivity contribution in [2.75, 3.05) is 6.61 Å². The van der Waals surface area contributed by atoms with E-state index in [-0.39, 0.29) is 12.5 Å². The van der Waals surface area contributed by atoms with Crippen LogP contribution in [-0.4, -0.2) is 34.1 Å². The molecule has 34 heavy (non-hydrogen) atoms. The van der Waals surface area contributed by atoms with Crippen LogP contribution < -0.4 is 0 Å². The van der Waals surface area contributed by atoms with Gasteiger partial charge in [-0.25, -0.2) is 0 Å². The van der Waals surface area contributed by atoms with Gasteiger partial charge in [0, 0.05) is 12.5 Å². The number of allylic oxidation sites excluding steroid dienone is 3. The number of rotatable bonds is 10. The summed E-state index contributed by atoms with van der Waals surface area (Å²) in [5.41, 5.74) is 3.79. The maximum absolute atomic E-state index is 10.8. The topological polar surface area (TPSA) is 60.7 Å². The zero-order valence-corrected chi connectivity index (χ0v) is 22.4. The van der Waals surface area contributed by atoms with Crippen LogP contribution in [0.15, 0.2) is 35.5 Å². The van der Waals surface area contributed by atoms with Gasteiger partial charge in [0.1, 0.15) is 0 Å². The Kier molecular flexibility index (Phi) is 10.1. The lowest BCUT2D eigenvalue weighted by Gasteiger charge is -2.44. The molecule has 194 valence electrons. The van der Waals surface area contributed by atoms with Gasteiger partial charge in [0.25, 0.3) is 0 Å². The summed E-state index contributed by atoms with van der Waals surface area (Å²) in [7, 11) is 0. The molecular weight excluding hydrogens is 420 g/mol. The molecule has 3 aliphatic rings. The van der Waals surface area contributed by atoms with Crippen LogP contribution in [0.5, 0.6) is 0 Å². The monoisotopic (exact) mass is 472 g/mol. The Morgan fingerprint density at radius 1 is 1.06 bits per heavy atom. The normalized spacial score (nSPS) is 37.5. The number of aliphatic hydroxyl groups is 3. The molecule has 0 aromatic heterocycles. The third kappa shape index (κ3) is 6.26. The van der Waals surface area contributed by atoms with Crippen LogP contribution >= 0.6 is 0 Å². The zero-order valence-electron chi connectivity index (χ0n) is 22.4. The highest BCUT2D eigenvalue weighted by atomic mass is 16.3. The number of fused-ring (bicyclic) bond motifs is 1. The van der Waals surface area contributed by atoms with E-state index in [0.717, 1.165) is 41.7 Å². The largest absolute Gasteiger partial charge is 0.396 e. The average molecular weight is 473 g/mol. The Bertz CT molecular complexity index is 735. The second kappa shape index (κ2) is 12.4. The highest BCUT2D eigenvalue weighted by Crippen LogP contribution is 2.60. The molecule has 3 saturated carbocycles. The van der Waals surface area contributed by atoms with E-state index >= 15 is 0 Å². The Morgan fingerprint density at radius 3 is 2.53 bits per heavy atom. The van der Waals surface area contributed by atoms with E-state index in [9.17, 15) is 10.2 Å². The maximum atomic E-state index is 10.8. The molecule has 1 unspecified atom stereocenters. The van der Waals surface area contributed by atoms with Gasteiger partial charge in [-0.3, -0.25) is 0 Å². The summed E-state index contributed by atoms with van der Waals surface area (Å²) in [6, 6.07) is 0. The van der Waals surface area contributed by atoms with Gasteiger partial charge in [0.05, 0.1) is 12.2 Å². The fourth-order valence-corrected chi connectivity index (χ4v) is 7.65. The molecule has 0 radical (unpaired) electrons. The summed E-state index contributed by atoms with van der Waals surface area (Å²) in [6.07, 6.45) is 16.7. The van der Waals surface area contributed by atoms with Crippen molar-refractivity contribution in [3.05, 3.63) is 35.5 Å². The number of unbranched alkanes of at least 4 members (excludes halogenated alkanes) is 1. The van der Waals surface area contributed by atoms with Gasteiger partial charge in [0.15, 0.2) is 0 Å². The quantitative estimate of drug-likeness (QED) is 0.301. The molecule has 3 nitrogen and oxygen atoms in total. The van der Waals surface area contributed by atoms with Crippen LogP contribution in [0.4, 0.5) is 0 Å². The summed E-state index contributed by atoms with van der Waals surface area (Å²) in [5, 5.41) is 30.6. The SMILES string of the molecule is C=C1C(=CC=C2CCC[C@]3(C)[C@@H]([C@H](C)CCCC(C)C)CC[C@@H]23)CC(O)[C@@H](CCCCO)[C@@H]1O. The highest BCUT2D eigenvalue weighted by Gasteiger charge is 2.50. The smallest absolute Gasteiger partial charge is 0.0839 e. The maximum Gasteiger partial charge on any atom is 0.0839 e. The number of aliphatic hydroxyl groups excluding tert-OH is 3. The standard InChI is InChI=1S/C31H52O3/c1-21(2)10-8-11-22(3)27-16-17-28-24(12-9-18-31(27,28)5)14-15-25-20-29(33)26(13-6-7-19-32)30(34)23(25)4/h14-15,21-22,26-30,32-34H,4,6-13,16-20H2,1-3,5H3/t22-,26-,27-,28+,29?,30-,31-/m1/s1. The third-order valence-electron chi connectivity index (χ3n) is 9.71. The van der Waals surface area contributed by atoms with Crippen LogP contribution in [0.3, 0.4) is 0 Å². The summed E-state index contributed by atoms with van der Waals surface area (Å²) >= 11 is 0. The summed E-state index contributed by atoms with van der Waals surface area (Å²) in [4.78, 5) is 0. The first-order valence-electron chi connectivity index (χ1n) is 14.2. The molecule has 3 aliphatic carbocycles. The highest BCUT2D eigenvalue weighted by molar-refractivity contribution is 5.39. The van der Waals surface area contributed by atoms with Crippen LogP contribution in [0.25, 0.3) is 0 Å². The lowest BCUT2D eigenvalue weighted by atomic mass is 9.60. The van der Waals surface area contributed by atoms with E-state index in [0.29, 0.717) is 24.2 Å². The number of hydrogen-bond donors (Lipinski definition) is 3. The lowest BCUT2D eigenvalue weighted by Crippen LogP contribution is -2.38. The van der Waals surface area contributed by atoms with Crippen LogP contribution in [0.1, 0.15) is 105 Å². The average Bonchev–Trinajstić information content (AvgIpc) is 3.15. The fourth-order valence-electron chi connectivity index (χ4n) is 7.65. The molecule has 0 aromatic carbocycles. The predicted molar refractivity (Wildman–Crippen MR) is 142 cm³/mol. The van der Waals surface area contributed by atoms with Gasteiger partial charge in [-0.1, -0.05) is 77.7 Å². The molecule has 0 saturated heterocycles. The molecule has 0 heterocycles. The zero-order chi connectivity index (χ0) is 24.9. The molecule has 3 heteroatoms. The molecule has 0 bridgehead atoms. The second-order valence-electron chi connectivity index (χ2n) is 12.5. The Morgan fingerprint density at radius 2 is 1.82 bits per heavy atom. The van der Waals surface area contributed by atoms with Crippen molar-refractivity contribution in [1.82, 2.24) is 0 Å². The van der Waals surface area contributed by atoms with Crippen LogP contribution in [0.2, 0.25) is 0 Å². The molecule has 0 aromatic rings. The van der Waals surface area contributed by atoms with Gasteiger partial charge in [-0.15, -0.1) is 0 Å². The van der Waals surface area contributed by atoms with Crippen molar-refractivity contribution < 1.29 is 15.3 Å². The van der Waals surface area contributed by atoms with Gasteiger partial charge in [-0.05, 0) is 91.6 Å². The lowest BCUT2D eigenvalue weighted by molar-refractivity contribution is 0.0124. The minimum Gasteiger partial charge on any atom is -0.396 e. The van der Waals surface area contributed by atoms with E-state index in [4.69, 9.17) is 5.11 Å². The molecule has 0 spiro atoms. The molecule has 3 N–H and O–H groups in total. The Labute approximate surface area is 209 Å². The minimum atomic E-state index is -0.689. The van der Waals surface area contributed by atoms with E-state index in [1.165, 1.54) is 51.4 Å². The fraction of sp³-hybridized carbons (Fsp3) is 0.806. The van der Waals surface area contributed by atoms with Crippen LogP contribution in [0, 0.1) is 35.0 Å². The summed E-state index contributed by atoms with van der Waals surface area (Å²) in [5.74, 6) is 2.94. The summed E-state index contributed by atoms with van der Waals surface area (Å²) in [6.45, 7) is 14.1. The molecule has 0 aliphatic heterocycles. The summed E-state index contributed by atoms with van der Waals surface area (Å²) < 4.78 is 0. The van der Waals surface area contributed by atoms with E-state index in [1.54, 1.807) is 5.57 Å². The minimum absolute atomic E-state index is 0.163. The molecular formula is C31H52O3. The van der Waals surface area contributed by atoms with E-state index < -0.39 is 12.2 Å². The van der Waals surface area contributed by atoms with E-state index in [1.807, 2.05) is 0 Å².